The number of fused-ring (bicyclic) bond motifs is 1. The van der Waals surface area contributed by atoms with E-state index in [1.807, 2.05) is 0 Å². The summed E-state index contributed by atoms with van der Waals surface area (Å²) in [5, 5.41) is 10.0. The number of nitrogens with one attached hydrogen (secondary N) is 2. The van der Waals surface area contributed by atoms with Crippen molar-refractivity contribution >= 4 is 34.2 Å². The van der Waals surface area contributed by atoms with Gasteiger partial charge < -0.3 is 16.0 Å². The molecule has 2 fully saturated rings. The number of pyridine rings is 1. The van der Waals surface area contributed by atoms with E-state index >= 15 is 0 Å². The summed E-state index contributed by atoms with van der Waals surface area (Å²) in [6.07, 6.45) is 8.63. The van der Waals surface area contributed by atoms with Crippen molar-refractivity contribution in [3.8, 4) is 0 Å². The molecule has 1 aliphatic heterocycles. The van der Waals surface area contributed by atoms with Gasteiger partial charge >= 0.3 is 11.8 Å². The molecular formula is C18H24N6O2. The number of hydrogen-bond donors (Lipinski definition) is 3. The van der Waals surface area contributed by atoms with Crippen molar-refractivity contribution in [1.29, 1.82) is 0 Å². The van der Waals surface area contributed by atoms with Gasteiger partial charge in [-0.25, -0.2) is 4.98 Å². The molecule has 8 nitrogen and oxygen atoms in total. The summed E-state index contributed by atoms with van der Waals surface area (Å²) >= 11 is 0. The molecule has 26 heavy (non-hydrogen) atoms. The molecule has 2 aromatic heterocycles. The molecule has 0 radical (unpaired) electrons. The van der Waals surface area contributed by atoms with Crippen molar-refractivity contribution in [2.45, 2.75) is 45.1 Å². The number of amides is 2. The lowest BCUT2D eigenvalue weighted by atomic mass is 9.75. The number of piperidine rings is 1. The largest absolute Gasteiger partial charge is 0.383 e. The topological polar surface area (TPSA) is 117 Å². The van der Waals surface area contributed by atoms with Gasteiger partial charge in [-0.3, -0.25) is 14.7 Å². The van der Waals surface area contributed by atoms with Crippen LogP contribution in [0.25, 0.3) is 10.9 Å². The number of hydrogen-bond acceptors (Lipinski definition) is 5. The number of nitrogens with two attached hydrogens (primary N) is 1. The van der Waals surface area contributed by atoms with Crippen LogP contribution in [0, 0.1) is 11.8 Å². The smallest absolute Gasteiger partial charge is 0.314 e. The predicted molar refractivity (Wildman–Crippen MR) is 98.2 cm³/mol. The van der Waals surface area contributed by atoms with Crippen LogP contribution >= 0.6 is 0 Å². The van der Waals surface area contributed by atoms with Crippen LogP contribution in [0.2, 0.25) is 0 Å². The number of rotatable bonds is 2. The molecule has 1 saturated heterocycles. The van der Waals surface area contributed by atoms with Crippen molar-refractivity contribution in [2.75, 3.05) is 17.6 Å². The predicted octanol–water partition coefficient (Wildman–Crippen LogP) is 1.91. The van der Waals surface area contributed by atoms with Gasteiger partial charge in [0.25, 0.3) is 0 Å². The highest BCUT2D eigenvalue weighted by Crippen LogP contribution is 2.37. The van der Waals surface area contributed by atoms with Gasteiger partial charge in [0.1, 0.15) is 5.82 Å². The minimum absolute atomic E-state index is 0.190. The fourth-order valence-corrected chi connectivity index (χ4v) is 4.08. The van der Waals surface area contributed by atoms with Crippen LogP contribution in [0.3, 0.4) is 0 Å². The van der Waals surface area contributed by atoms with Crippen LogP contribution in [-0.2, 0) is 9.59 Å². The summed E-state index contributed by atoms with van der Waals surface area (Å²) in [7, 11) is 0. The molecule has 2 atom stereocenters. The third-order valence-electron chi connectivity index (χ3n) is 5.78. The van der Waals surface area contributed by atoms with Gasteiger partial charge in [0.15, 0.2) is 0 Å². The van der Waals surface area contributed by atoms with Crippen molar-refractivity contribution in [1.82, 2.24) is 20.1 Å². The Kier molecular flexibility index (Phi) is 4.26. The second-order valence-corrected chi connectivity index (χ2v) is 7.57. The highest BCUT2D eigenvalue weighted by Gasteiger charge is 2.39. The molecule has 1 aliphatic carbocycles. The van der Waals surface area contributed by atoms with Crippen LogP contribution in [0.5, 0.6) is 0 Å². The second-order valence-electron chi connectivity index (χ2n) is 7.57. The van der Waals surface area contributed by atoms with Gasteiger partial charge in [0.05, 0.1) is 29.0 Å². The molecule has 3 heterocycles. The number of anilines is 2. The van der Waals surface area contributed by atoms with Crippen LogP contribution < -0.4 is 11.1 Å². The van der Waals surface area contributed by atoms with E-state index in [1.54, 1.807) is 11.1 Å². The standard InChI is InChI=1S/C18H24N6O2/c1-10-5-6-14(11-3-2-4-11)24(9-10)18(26)17(25)22-13-8-20-16(19)12-7-21-23-15(12)13/h7-8,10-11,14H,2-6,9H2,1H3,(H2,19,20)(H,21,23)(H,22,25). The molecule has 2 unspecified atom stereocenters. The SMILES string of the molecule is CC1CCC(C2CCC2)N(C(=O)C(=O)Nc2cnc(N)c3cn[nH]c23)C1. The fourth-order valence-electron chi connectivity index (χ4n) is 4.08. The maximum atomic E-state index is 12.9. The number of aromatic nitrogens is 3. The Morgan fingerprint density at radius 3 is 2.81 bits per heavy atom. The molecule has 2 aromatic rings. The van der Waals surface area contributed by atoms with Crippen molar-refractivity contribution in [2.24, 2.45) is 11.8 Å². The Morgan fingerprint density at radius 1 is 1.27 bits per heavy atom. The molecule has 8 heteroatoms. The van der Waals surface area contributed by atoms with E-state index in [9.17, 15) is 9.59 Å². The van der Waals surface area contributed by atoms with E-state index in [0.717, 1.165) is 25.7 Å². The van der Waals surface area contributed by atoms with Gasteiger partial charge in [0, 0.05) is 12.6 Å². The Labute approximate surface area is 151 Å². The average molecular weight is 356 g/mol. The highest BCUT2D eigenvalue weighted by molar-refractivity contribution is 6.40. The molecule has 2 aliphatic rings. The van der Waals surface area contributed by atoms with Gasteiger partial charge in [0.2, 0.25) is 0 Å². The first-order valence-electron chi connectivity index (χ1n) is 9.24. The van der Waals surface area contributed by atoms with Crippen molar-refractivity contribution in [3.63, 3.8) is 0 Å². The molecule has 1 saturated carbocycles. The number of carbonyl (C=O) groups is 2. The molecule has 0 spiro atoms. The third-order valence-corrected chi connectivity index (χ3v) is 5.78. The average Bonchev–Trinajstić information content (AvgIpc) is 3.07. The number of aromatic amines is 1. The first-order valence-corrected chi connectivity index (χ1v) is 9.24. The zero-order valence-corrected chi connectivity index (χ0v) is 14.9. The summed E-state index contributed by atoms with van der Waals surface area (Å²) in [4.78, 5) is 31.4. The first-order chi connectivity index (χ1) is 12.5. The number of likely N-dealkylation sites (tertiary alicyclic amines) is 1. The molecule has 4 N–H and O–H groups in total. The van der Waals surface area contributed by atoms with Gasteiger partial charge in [-0.2, -0.15) is 5.10 Å². The Morgan fingerprint density at radius 2 is 2.08 bits per heavy atom. The van der Waals surface area contributed by atoms with Crippen molar-refractivity contribution in [3.05, 3.63) is 12.4 Å². The highest BCUT2D eigenvalue weighted by atomic mass is 16.2. The minimum Gasteiger partial charge on any atom is -0.383 e. The molecule has 2 amide bonds. The summed E-state index contributed by atoms with van der Waals surface area (Å²) in [6.45, 7) is 2.78. The normalized spacial score (nSPS) is 23.7. The molecule has 0 aromatic carbocycles. The molecular weight excluding hydrogens is 332 g/mol. The fraction of sp³-hybridized carbons (Fsp3) is 0.556. The van der Waals surface area contributed by atoms with E-state index in [4.69, 9.17) is 5.73 Å². The quantitative estimate of drug-likeness (QED) is 0.711. The monoisotopic (exact) mass is 356 g/mol. The molecule has 0 bridgehead atoms. The third kappa shape index (κ3) is 2.89. The van der Waals surface area contributed by atoms with Crippen LogP contribution in [-0.4, -0.2) is 44.5 Å². The zero-order valence-electron chi connectivity index (χ0n) is 14.9. The summed E-state index contributed by atoms with van der Waals surface area (Å²) < 4.78 is 0. The van der Waals surface area contributed by atoms with E-state index in [1.165, 1.54) is 12.6 Å². The lowest BCUT2D eigenvalue weighted by molar-refractivity contribution is -0.148. The molecule has 138 valence electrons. The second kappa shape index (κ2) is 6.59. The number of carbonyl (C=O) groups excluding carboxylic acids is 2. The Balaban J connectivity index is 1.53. The maximum Gasteiger partial charge on any atom is 0.314 e. The number of nitrogen functional groups attached to an aromatic ring is 1. The number of nitrogens with zero attached hydrogens (tertiary/aromatic N) is 3. The Hall–Kier alpha value is -2.64. The zero-order chi connectivity index (χ0) is 18.3. The van der Waals surface area contributed by atoms with Gasteiger partial charge in [-0.05, 0) is 37.5 Å². The van der Waals surface area contributed by atoms with Crippen LogP contribution in [0.4, 0.5) is 11.5 Å². The minimum atomic E-state index is -0.633. The van der Waals surface area contributed by atoms with Gasteiger partial charge in [-0.15, -0.1) is 0 Å². The summed E-state index contributed by atoms with van der Waals surface area (Å²) in [6, 6.07) is 0.190. The lowest BCUT2D eigenvalue weighted by Crippen LogP contribution is -2.54. The summed E-state index contributed by atoms with van der Waals surface area (Å²) in [5.41, 5.74) is 6.79. The van der Waals surface area contributed by atoms with E-state index in [0.29, 0.717) is 40.8 Å². The summed E-state index contributed by atoms with van der Waals surface area (Å²) in [5.74, 6) is 0.189. The maximum absolute atomic E-state index is 12.9. The van der Waals surface area contributed by atoms with E-state index < -0.39 is 11.8 Å². The lowest BCUT2D eigenvalue weighted by Gasteiger charge is -2.45. The number of H-pyrrole nitrogens is 1. The van der Waals surface area contributed by atoms with Crippen LogP contribution in [0.15, 0.2) is 12.4 Å². The molecule has 4 rings (SSSR count). The van der Waals surface area contributed by atoms with Gasteiger partial charge in [-0.1, -0.05) is 13.3 Å². The Bertz CT molecular complexity index is 843. The van der Waals surface area contributed by atoms with Crippen molar-refractivity contribution < 1.29 is 9.59 Å². The van der Waals surface area contributed by atoms with E-state index in [2.05, 4.69) is 27.4 Å². The van der Waals surface area contributed by atoms with E-state index in [-0.39, 0.29) is 6.04 Å². The first kappa shape index (κ1) is 16.8. The van der Waals surface area contributed by atoms with Crippen LogP contribution in [0.1, 0.15) is 39.0 Å².